The third-order valence-corrected chi connectivity index (χ3v) is 14.3. The van der Waals surface area contributed by atoms with E-state index in [2.05, 4.69) is 55.6 Å². The number of rotatable bonds is 57. The Kier molecular flexibility index (Phi) is 58.2. The van der Waals surface area contributed by atoms with Gasteiger partial charge in [0.25, 0.3) is 0 Å². The predicted molar refractivity (Wildman–Crippen MR) is 304 cm³/mol. The molecule has 0 aliphatic heterocycles. The number of unbranched alkanes of at least 4 members (excludes halogenated alkanes) is 44. The summed E-state index contributed by atoms with van der Waals surface area (Å²) in [7, 11) is 0. The predicted octanol–water partition coefficient (Wildman–Crippen LogP) is 20.6. The summed E-state index contributed by atoms with van der Waals surface area (Å²) in [5.41, 5.74) is 0. The van der Waals surface area contributed by atoms with Crippen molar-refractivity contribution >= 4 is 5.91 Å². The maximum absolute atomic E-state index is 12.5. The summed E-state index contributed by atoms with van der Waals surface area (Å²) >= 11 is 0. The van der Waals surface area contributed by atoms with Gasteiger partial charge in [-0.25, -0.2) is 0 Å². The SMILES string of the molecule is CCCCCCCCCCCCC/C=C\C/C=C\CCCCCCCCCCCCCCCCCCCC(=O)NC(CO)C(O)/C=C/CC/C=C/CCCCCCCCCCCCCCCCC. The molecular formula is C64H121NO3. The standard InChI is InChI=1S/C64H121NO3/c1-3-5-7-9-11-13-15-17-19-21-23-25-26-27-28-29-30-31-32-33-34-35-36-37-38-40-42-44-46-48-50-52-54-56-58-60-64(68)65-62(61-66)63(67)59-57-55-53-51-49-47-45-43-41-39-24-22-20-18-16-14-12-10-8-6-4-2/h26-27,29-30,49,51,57,59,62-63,66-67H,3-25,28,31-48,50,52-56,58,60-61H2,1-2H3,(H,65,68)/b27-26-,30-29-,51-49+,59-57+. The number of hydrogen-bond donors (Lipinski definition) is 3. The molecule has 68 heavy (non-hydrogen) atoms. The minimum atomic E-state index is -0.863. The number of carbonyl (C=O) groups excluding carboxylic acids is 1. The maximum atomic E-state index is 12.5. The summed E-state index contributed by atoms with van der Waals surface area (Å²) in [6.07, 6.45) is 83.0. The molecule has 0 aromatic heterocycles. The van der Waals surface area contributed by atoms with Gasteiger partial charge in [0.05, 0.1) is 18.8 Å². The topological polar surface area (TPSA) is 69.6 Å². The molecule has 4 heteroatoms. The number of aliphatic hydroxyl groups is 2. The molecule has 0 radical (unpaired) electrons. The molecule has 2 unspecified atom stereocenters. The smallest absolute Gasteiger partial charge is 0.220 e. The first-order valence-electron chi connectivity index (χ1n) is 30.9. The highest BCUT2D eigenvalue weighted by Gasteiger charge is 2.18. The Bertz CT molecular complexity index is 1080. The Balaban J connectivity index is 3.47. The van der Waals surface area contributed by atoms with Gasteiger partial charge in [-0.3, -0.25) is 4.79 Å². The van der Waals surface area contributed by atoms with E-state index in [0.717, 1.165) is 38.5 Å². The molecule has 0 fully saturated rings. The molecule has 0 spiro atoms. The van der Waals surface area contributed by atoms with Crippen LogP contribution in [0.5, 0.6) is 0 Å². The van der Waals surface area contributed by atoms with E-state index in [0.29, 0.717) is 6.42 Å². The van der Waals surface area contributed by atoms with Gasteiger partial charge in [0.1, 0.15) is 0 Å². The number of nitrogens with one attached hydrogen (secondary N) is 1. The fourth-order valence-corrected chi connectivity index (χ4v) is 9.58. The van der Waals surface area contributed by atoms with Gasteiger partial charge in [0, 0.05) is 6.42 Å². The fourth-order valence-electron chi connectivity index (χ4n) is 9.58. The summed E-state index contributed by atoms with van der Waals surface area (Å²) in [5.74, 6) is -0.0693. The lowest BCUT2D eigenvalue weighted by molar-refractivity contribution is -0.123. The highest BCUT2D eigenvalue weighted by molar-refractivity contribution is 5.76. The van der Waals surface area contributed by atoms with Gasteiger partial charge in [0.15, 0.2) is 0 Å². The second kappa shape index (κ2) is 59.7. The van der Waals surface area contributed by atoms with E-state index in [9.17, 15) is 15.0 Å². The molecule has 0 aromatic rings. The average Bonchev–Trinajstić information content (AvgIpc) is 3.34. The minimum Gasteiger partial charge on any atom is -0.394 e. The van der Waals surface area contributed by atoms with Gasteiger partial charge < -0.3 is 15.5 Å². The zero-order valence-corrected chi connectivity index (χ0v) is 46.1. The molecule has 0 aromatic carbocycles. The van der Waals surface area contributed by atoms with Crippen LogP contribution in [0.4, 0.5) is 0 Å². The first-order chi connectivity index (χ1) is 33.7. The Morgan fingerprint density at radius 3 is 0.941 bits per heavy atom. The zero-order valence-electron chi connectivity index (χ0n) is 46.1. The van der Waals surface area contributed by atoms with E-state index in [-0.39, 0.29) is 12.5 Å². The molecule has 3 N–H and O–H groups in total. The molecule has 0 aliphatic rings. The van der Waals surface area contributed by atoms with Crippen molar-refractivity contribution < 1.29 is 15.0 Å². The van der Waals surface area contributed by atoms with E-state index in [1.54, 1.807) is 6.08 Å². The van der Waals surface area contributed by atoms with Crippen molar-refractivity contribution in [2.24, 2.45) is 0 Å². The monoisotopic (exact) mass is 952 g/mol. The number of allylic oxidation sites excluding steroid dienone is 7. The number of amides is 1. The first-order valence-corrected chi connectivity index (χ1v) is 30.9. The maximum Gasteiger partial charge on any atom is 0.220 e. The fraction of sp³-hybridized carbons (Fsp3) is 0.859. The molecule has 0 saturated heterocycles. The van der Waals surface area contributed by atoms with Crippen LogP contribution in [0.2, 0.25) is 0 Å². The molecule has 4 nitrogen and oxygen atoms in total. The van der Waals surface area contributed by atoms with Crippen LogP contribution >= 0.6 is 0 Å². The van der Waals surface area contributed by atoms with Gasteiger partial charge in [-0.1, -0.05) is 313 Å². The normalized spacial score (nSPS) is 13.1. The largest absolute Gasteiger partial charge is 0.394 e. The Labute approximate surface area is 426 Å². The van der Waals surface area contributed by atoms with Crippen molar-refractivity contribution in [2.45, 2.75) is 347 Å². The summed E-state index contributed by atoms with van der Waals surface area (Å²) in [6.45, 7) is 4.33. The van der Waals surface area contributed by atoms with Crippen LogP contribution in [0, 0.1) is 0 Å². The Morgan fingerprint density at radius 2 is 0.618 bits per heavy atom. The number of carbonyl (C=O) groups is 1. The van der Waals surface area contributed by atoms with Crippen molar-refractivity contribution in [1.82, 2.24) is 5.32 Å². The van der Waals surface area contributed by atoms with Crippen LogP contribution in [-0.4, -0.2) is 34.9 Å². The van der Waals surface area contributed by atoms with E-state index in [1.807, 2.05) is 6.08 Å². The summed E-state index contributed by atoms with van der Waals surface area (Å²) in [5, 5.41) is 23.2. The van der Waals surface area contributed by atoms with Crippen molar-refractivity contribution in [2.75, 3.05) is 6.61 Å². The van der Waals surface area contributed by atoms with Crippen molar-refractivity contribution in [3.05, 3.63) is 48.6 Å². The summed E-state index contributed by atoms with van der Waals surface area (Å²) in [4.78, 5) is 12.5. The molecule has 400 valence electrons. The van der Waals surface area contributed by atoms with E-state index in [4.69, 9.17) is 0 Å². The van der Waals surface area contributed by atoms with Crippen LogP contribution in [0.3, 0.4) is 0 Å². The molecule has 0 saturated carbocycles. The quantitative estimate of drug-likeness (QED) is 0.0420. The molecule has 0 heterocycles. The summed E-state index contributed by atoms with van der Waals surface area (Å²) < 4.78 is 0. The van der Waals surface area contributed by atoms with Crippen LogP contribution < -0.4 is 5.32 Å². The number of hydrogen-bond acceptors (Lipinski definition) is 3. The average molecular weight is 953 g/mol. The third-order valence-electron chi connectivity index (χ3n) is 14.3. The molecule has 0 bridgehead atoms. The molecule has 1 amide bonds. The van der Waals surface area contributed by atoms with Crippen LogP contribution in [-0.2, 0) is 4.79 Å². The second-order valence-electron chi connectivity index (χ2n) is 21.1. The molecule has 2 atom stereocenters. The highest BCUT2D eigenvalue weighted by Crippen LogP contribution is 2.17. The van der Waals surface area contributed by atoms with Crippen molar-refractivity contribution in [3.8, 4) is 0 Å². The van der Waals surface area contributed by atoms with Gasteiger partial charge >= 0.3 is 0 Å². The van der Waals surface area contributed by atoms with Crippen LogP contribution in [0.15, 0.2) is 48.6 Å². The molecule has 0 rings (SSSR count). The van der Waals surface area contributed by atoms with Gasteiger partial charge in [-0.15, -0.1) is 0 Å². The minimum absolute atomic E-state index is 0.0693. The van der Waals surface area contributed by atoms with E-state index < -0.39 is 12.1 Å². The highest BCUT2D eigenvalue weighted by atomic mass is 16.3. The number of aliphatic hydroxyl groups excluding tert-OH is 2. The van der Waals surface area contributed by atoms with E-state index >= 15 is 0 Å². The molecular weight excluding hydrogens is 831 g/mol. The van der Waals surface area contributed by atoms with Crippen molar-refractivity contribution in [3.63, 3.8) is 0 Å². The second-order valence-corrected chi connectivity index (χ2v) is 21.1. The van der Waals surface area contributed by atoms with Crippen molar-refractivity contribution in [1.29, 1.82) is 0 Å². The lowest BCUT2D eigenvalue weighted by Crippen LogP contribution is -2.45. The Hall–Kier alpha value is -1.65. The van der Waals surface area contributed by atoms with Gasteiger partial charge in [0.2, 0.25) is 5.91 Å². The van der Waals surface area contributed by atoms with Gasteiger partial charge in [-0.05, 0) is 64.2 Å². The lowest BCUT2D eigenvalue weighted by atomic mass is 10.0. The first kappa shape index (κ1) is 66.3. The van der Waals surface area contributed by atoms with Crippen LogP contribution in [0.1, 0.15) is 335 Å². The van der Waals surface area contributed by atoms with E-state index in [1.165, 1.54) is 276 Å². The lowest BCUT2D eigenvalue weighted by Gasteiger charge is -2.19. The summed E-state index contributed by atoms with van der Waals surface area (Å²) in [6, 6.07) is -0.640. The van der Waals surface area contributed by atoms with Crippen LogP contribution in [0.25, 0.3) is 0 Å². The zero-order chi connectivity index (χ0) is 49.2. The third kappa shape index (κ3) is 55.3. The molecule has 0 aliphatic carbocycles. The van der Waals surface area contributed by atoms with Gasteiger partial charge in [-0.2, -0.15) is 0 Å². The Morgan fingerprint density at radius 1 is 0.353 bits per heavy atom.